The van der Waals surface area contributed by atoms with Gasteiger partial charge in [-0.05, 0) is 24.1 Å². The summed E-state index contributed by atoms with van der Waals surface area (Å²) in [5.41, 5.74) is -0.292. The molecule has 0 bridgehead atoms. The third kappa shape index (κ3) is 3.92. The Kier molecular flexibility index (Phi) is 5.52. The molecule has 0 saturated carbocycles. The molecule has 1 aromatic carbocycles. The molecule has 6 nitrogen and oxygen atoms in total. The number of aliphatic hydroxyl groups excluding tert-OH is 1. The number of nitrogens with one attached hydrogen (secondary N) is 1. The number of sulfonamides is 1. The van der Waals surface area contributed by atoms with Crippen LogP contribution in [0.4, 0.5) is 0 Å². The molecule has 0 amide bonds. The number of halogens is 1. The van der Waals surface area contributed by atoms with E-state index in [2.05, 4.69) is 4.72 Å². The first-order chi connectivity index (χ1) is 9.19. The van der Waals surface area contributed by atoms with Crippen LogP contribution >= 0.6 is 11.6 Å². The third-order valence-corrected chi connectivity index (χ3v) is 4.60. The molecule has 0 saturated heterocycles. The Morgan fingerprint density at radius 2 is 2.00 bits per heavy atom. The van der Waals surface area contributed by atoms with Gasteiger partial charge >= 0.3 is 5.97 Å². The van der Waals surface area contributed by atoms with Crippen LogP contribution in [-0.2, 0) is 10.0 Å². The molecule has 0 unspecified atom stereocenters. The van der Waals surface area contributed by atoms with Gasteiger partial charge in [-0.25, -0.2) is 17.9 Å². The zero-order valence-electron chi connectivity index (χ0n) is 11.0. The minimum atomic E-state index is -3.92. The fourth-order valence-corrected chi connectivity index (χ4v) is 3.09. The Balaban J connectivity index is 3.16. The molecule has 1 rings (SSSR count). The summed E-state index contributed by atoms with van der Waals surface area (Å²) < 4.78 is 26.6. The van der Waals surface area contributed by atoms with E-state index in [1.807, 2.05) is 0 Å². The van der Waals surface area contributed by atoms with Gasteiger partial charge in [0.15, 0.2) is 0 Å². The van der Waals surface area contributed by atoms with Crippen molar-refractivity contribution in [3.8, 4) is 0 Å². The predicted molar refractivity (Wildman–Crippen MR) is 74.4 cm³/mol. The summed E-state index contributed by atoms with van der Waals surface area (Å²) in [6, 6.07) is 2.76. The summed E-state index contributed by atoms with van der Waals surface area (Å²) in [4.78, 5) is 10.7. The quantitative estimate of drug-likeness (QED) is 0.733. The Hall–Kier alpha value is -1.15. The fraction of sp³-hybridized carbons (Fsp3) is 0.417. The van der Waals surface area contributed by atoms with E-state index >= 15 is 0 Å². The summed E-state index contributed by atoms with van der Waals surface area (Å²) in [5.74, 6) is -1.42. The number of carboxylic acid groups (broad SMARTS) is 1. The molecule has 0 aliphatic carbocycles. The highest BCUT2D eigenvalue weighted by Crippen LogP contribution is 2.21. The third-order valence-electron chi connectivity index (χ3n) is 2.79. The van der Waals surface area contributed by atoms with Crippen molar-refractivity contribution in [1.29, 1.82) is 0 Å². The lowest BCUT2D eigenvalue weighted by molar-refractivity contribution is 0.0697. The van der Waals surface area contributed by atoms with Gasteiger partial charge < -0.3 is 10.2 Å². The molecule has 1 atom stereocenters. The minimum absolute atomic E-state index is 0.0426. The smallest absolute Gasteiger partial charge is 0.337 e. The maximum atomic E-state index is 12.1. The van der Waals surface area contributed by atoms with Crippen LogP contribution in [0.15, 0.2) is 23.1 Å². The zero-order valence-corrected chi connectivity index (χ0v) is 12.6. The summed E-state index contributed by atoms with van der Waals surface area (Å²) in [5, 5.41) is 18.0. The Labute approximate surface area is 122 Å². The van der Waals surface area contributed by atoms with E-state index in [0.29, 0.717) is 0 Å². The molecule has 112 valence electrons. The minimum Gasteiger partial charge on any atom is -0.478 e. The van der Waals surface area contributed by atoms with Gasteiger partial charge in [0.25, 0.3) is 0 Å². The molecule has 0 radical (unpaired) electrons. The molecule has 0 heterocycles. The highest BCUT2D eigenvalue weighted by Gasteiger charge is 2.23. The van der Waals surface area contributed by atoms with Crippen molar-refractivity contribution in [3.05, 3.63) is 28.8 Å². The van der Waals surface area contributed by atoms with Crippen LogP contribution in [0.3, 0.4) is 0 Å². The largest absolute Gasteiger partial charge is 0.478 e. The lowest BCUT2D eigenvalue weighted by Crippen LogP contribution is -2.41. The van der Waals surface area contributed by atoms with Crippen molar-refractivity contribution in [2.75, 3.05) is 6.61 Å². The van der Waals surface area contributed by atoms with E-state index in [4.69, 9.17) is 21.8 Å². The normalized spacial score (nSPS) is 13.4. The van der Waals surface area contributed by atoms with Gasteiger partial charge in [-0.15, -0.1) is 0 Å². The second-order valence-corrected chi connectivity index (χ2v) is 6.72. The molecule has 0 fully saturated rings. The predicted octanol–water partition coefficient (Wildman–Crippen LogP) is 1.33. The van der Waals surface area contributed by atoms with Crippen molar-refractivity contribution in [1.82, 2.24) is 4.72 Å². The first-order valence-electron chi connectivity index (χ1n) is 5.85. The molecule has 3 N–H and O–H groups in total. The fourth-order valence-electron chi connectivity index (χ4n) is 1.49. The standard InChI is InChI=1S/C12H16ClNO5S/c1-7(2)11(6-15)14-20(18,19)8-3-4-10(13)9(5-8)12(16)17/h3-5,7,11,14-15H,6H2,1-2H3,(H,16,17)/t11-/m1/s1. The van der Waals surface area contributed by atoms with Crippen LogP contribution in [0.2, 0.25) is 5.02 Å². The number of carbonyl (C=O) groups is 1. The molecular weight excluding hydrogens is 306 g/mol. The van der Waals surface area contributed by atoms with Gasteiger partial charge in [-0.2, -0.15) is 0 Å². The Morgan fingerprint density at radius 1 is 1.40 bits per heavy atom. The molecule has 1 aromatic rings. The van der Waals surface area contributed by atoms with E-state index < -0.39 is 22.0 Å². The maximum Gasteiger partial charge on any atom is 0.337 e. The van der Waals surface area contributed by atoms with Crippen molar-refractivity contribution in [3.63, 3.8) is 0 Å². The lowest BCUT2D eigenvalue weighted by Gasteiger charge is -2.20. The van der Waals surface area contributed by atoms with Crippen LogP contribution in [0, 0.1) is 5.92 Å². The molecule has 0 aromatic heterocycles. The van der Waals surface area contributed by atoms with Gasteiger partial charge in [0.2, 0.25) is 10.0 Å². The van der Waals surface area contributed by atoms with E-state index in [1.54, 1.807) is 13.8 Å². The van der Waals surface area contributed by atoms with Crippen LogP contribution in [0.5, 0.6) is 0 Å². The summed E-state index contributed by atoms with van der Waals surface area (Å²) in [7, 11) is -3.92. The number of hydrogen-bond donors (Lipinski definition) is 3. The van der Waals surface area contributed by atoms with Gasteiger partial charge in [0.05, 0.1) is 22.1 Å². The van der Waals surface area contributed by atoms with Crippen molar-refractivity contribution in [2.45, 2.75) is 24.8 Å². The lowest BCUT2D eigenvalue weighted by atomic mass is 10.1. The van der Waals surface area contributed by atoms with E-state index in [9.17, 15) is 13.2 Å². The number of aliphatic hydroxyl groups is 1. The second-order valence-electron chi connectivity index (χ2n) is 4.60. The first kappa shape index (κ1) is 16.9. The number of aromatic carboxylic acids is 1. The van der Waals surface area contributed by atoms with Crippen molar-refractivity contribution < 1.29 is 23.4 Å². The van der Waals surface area contributed by atoms with Crippen LogP contribution in [0.1, 0.15) is 24.2 Å². The van der Waals surface area contributed by atoms with E-state index in [1.165, 1.54) is 12.1 Å². The van der Waals surface area contributed by atoms with Gasteiger partial charge in [0, 0.05) is 6.04 Å². The van der Waals surface area contributed by atoms with Crippen molar-refractivity contribution >= 4 is 27.6 Å². The number of benzene rings is 1. The number of carboxylic acids is 1. The van der Waals surface area contributed by atoms with Crippen LogP contribution in [-0.4, -0.2) is 37.2 Å². The Bertz CT molecular complexity index is 600. The number of rotatable bonds is 6. The van der Waals surface area contributed by atoms with Crippen molar-refractivity contribution in [2.24, 2.45) is 5.92 Å². The highest BCUT2D eigenvalue weighted by atomic mass is 35.5. The Morgan fingerprint density at radius 3 is 2.45 bits per heavy atom. The second kappa shape index (κ2) is 6.53. The van der Waals surface area contributed by atoms with Gasteiger partial charge in [-0.1, -0.05) is 25.4 Å². The van der Waals surface area contributed by atoms with Crippen LogP contribution in [0.25, 0.3) is 0 Å². The average molecular weight is 322 g/mol. The average Bonchev–Trinajstić information content (AvgIpc) is 2.35. The molecule has 8 heteroatoms. The monoisotopic (exact) mass is 321 g/mol. The SMILES string of the molecule is CC(C)[C@@H](CO)NS(=O)(=O)c1ccc(Cl)c(C(=O)O)c1. The molecule has 0 aliphatic rings. The summed E-state index contributed by atoms with van der Waals surface area (Å²) in [6.07, 6.45) is 0. The topological polar surface area (TPSA) is 104 Å². The van der Waals surface area contributed by atoms with Gasteiger partial charge in [-0.3, -0.25) is 0 Å². The molecule has 0 aliphatic heterocycles. The molecule has 20 heavy (non-hydrogen) atoms. The van der Waals surface area contributed by atoms with Crippen LogP contribution < -0.4 is 4.72 Å². The molecular formula is C12H16ClNO5S. The van der Waals surface area contributed by atoms with Gasteiger partial charge in [0.1, 0.15) is 0 Å². The van der Waals surface area contributed by atoms with E-state index in [-0.39, 0.29) is 28.0 Å². The molecule has 0 spiro atoms. The number of hydrogen-bond acceptors (Lipinski definition) is 4. The maximum absolute atomic E-state index is 12.1. The first-order valence-corrected chi connectivity index (χ1v) is 7.71. The summed E-state index contributed by atoms with van der Waals surface area (Å²) in [6.45, 7) is 3.16. The zero-order chi connectivity index (χ0) is 15.5. The summed E-state index contributed by atoms with van der Waals surface area (Å²) >= 11 is 5.69. The highest BCUT2D eigenvalue weighted by molar-refractivity contribution is 7.89. The van der Waals surface area contributed by atoms with E-state index in [0.717, 1.165) is 6.07 Å².